The number of thiophene rings is 1. The third-order valence-electron chi connectivity index (χ3n) is 4.25. The van der Waals surface area contributed by atoms with Gasteiger partial charge in [0.2, 0.25) is 5.91 Å². The van der Waals surface area contributed by atoms with E-state index in [1.54, 1.807) is 35.2 Å². The summed E-state index contributed by atoms with van der Waals surface area (Å²) in [6.45, 7) is 1.83. The molecule has 0 spiro atoms. The SMILES string of the molecule is O=C(NCC(=O)N1CCN(c2ccccc2[N+](=O)[O-])CC1)c1ccc(Br)s1. The maximum absolute atomic E-state index is 12.3. The molecule has 0 radical (unpaired) electrons. The molecule has 27 heavy (non-hydrogen) atoms. The summed E-state index contributed by atoms with van der Waals surface area (Å²) in [6.07, 6.45) is 0. The van der Waals surface area contributed by atoms with Gasteiger partial charge in [-0.05, 0) is 34.1 Å². The quantitative estimate of drug-likeness (QED) is 0.555. The van der Waals surface area contributed by atoms with Gasteiger partial charge in [0.05, 0.1) is 20.1 Å². The van der Waals surface area contributed by atoms with Crippen LogP contribution in [0.2, 0.25) is 0 Å². The molecule has 2 heterocycles. The van der Waals surface area contributed by atoms with Crippen molar-refractivity contribution in [2.75, 3.05) is 37.6 Å². The van der Waals surface area contributed by atoms with Crippen molar-refractivity contribution in [2.45, 2.75) is 0 Å². The van der Waals surface area contributed by atoms with Gasteiger partial charge in [0.1, 0.15) is 5.69 Å². The van der Waals surface area contributed by atoms with Gasteiger partial charge in [-0.1, -0.05) is 12.1 Å². The standard InChI is InChI=1S/C17H17BrN4O4S/c18-15-6-5-14(27-15)17(24)19-11-16(23)21-9-7-20(8-10-21)12-3-1-2-4-13(12)22(25)26/h1-6H,7-11H2,(H,19,24). The van der Waals surface area contributed by atoms with Gasteiger partial charge >= 0.3 is 0 Å². The molecule has 1 aromatic heterocycles. The minimum absolute atomic E-state index is 0.0617. The Bertz CT molecular complexity index is 864. The van der Waals surface area contributed by atoms with E-state index in [1.807, 2.05) is 4.90 Å². The fraction of sp³-hybridized carbons (Fsp3) is 0.294. The summed E-state index contributed by atoms with van der Waals surface area (Å²) in [5, 5.41) is 13.8. The smallest absolute Gasteiger partial charge is 0.292 e. The van der Waals surface area contributed by atoms with Crippen LogP contribution in [0.4, 0.5) is 11.4 Å². The number of nitrogens with one attached hydrogen (secondary N) is 1. The number of para-hydroxylation sites is 2. The molecule has 1 aliphatic heterocycles. The van der Waals surface area contributed by atoms with Crippen molar-refractivity contribution in [3.63, 3.8) is 0 Å². The first kappa shape index (κ1) is 19.3. The predicted octanol–water partition coefficient (Wildman–Crippen LogP) is 2.50. The van der Waals surface area contributed by atoms with Crippen LogP contribution in [0, 0.1) is 10.1 Å². The van der Waals surface area contributed by atoms with Crippen LogP contribution in [0.5, 0.6) is 0 Å². The number of nitrogens with zero attached hydrogens (tertiary/aromatic N) is 3. The Morgan fingerprint density at radius 3 is 2.48 bits per heavy atom. The van der Waals surface area contributed by atoms with Crippen LogP contribution in [0.15, 0.2) is 40.2 Å². The first-order chi connectivity index (χ1) is 13.0. The van der Waals surface area contributed by atoms with E-state index < -0.39 is 4.92 Å². The minimum atomic E-state index is -0.397. The van der Waals surface area contributed by atoms with Gasteiger partial charge in [0.15, 0.2) is 0 Å². The summed E-state index contributed by atoms with van der Waals surface area (Å²) in [6, 6.07) is 10.1. The highest BCUT2D eigenvalue weighted by Crippen LogP contribution is 2.28. The Kier molecular flexibility index (Phi) is 6.07. The van der Waals surface area contributed by atoms with Gasteiger partial charge in [0.25, 0.3) is 11.6 Å². The van der Waals surface area contributed by atoms with Gasteiger partial charge in [-0.25, -0.2) is 0 Å². The maximum Gasteiger partial charge on any atom is 0.292 e. The fourth-order valence-corrected chi connectivity index (χ4v) is 4.18. The molecule has 1 fully saturated rings. The molecule has 2 aromatic rings. The van der Waals surface area contributed by atoms with Crippen molar-refractivity contribution in [1.29, 1.82) is 0 Å². The summed E-state index contributed by atoms with van der Waals surface area (Å²) >= 11 is 4.60. The van der Waals surface area contributed by atoms with Crippen molar-refractivity contribution in [3.8, 4) is 0 Å². The van der Waals surface area contributed by atoms with Gasteiger partial charge in [-0.3, -0.25) is 19.7 Å². The summed E-state index contributed by atoms with van der Waals surface area (Å²) < 4.78 is 0.852. The molecule has 8 nitrogen and oxygen atoms in total. The van der Waals surface area contributed by atoms with Crippen LogP contribution in [0.3, 0.4) is 0 Å². The lowest BCUT2D eigenvalue weighted by atomic mass is 10.2. The molecule has 1 aromatic carbocycles. The molecule has 1 saturated heterocycles. The number of benzene rings is 1. The lowest BCUT2D eigenvalue weighted by Gasteiger charge is -2.35. The zero-order valence-corrected chi connectivity index (χ0v) is 16.7. The molecule has 2 amide bonds. The predicted molar refractivity (Wildman–Crippen MR) is 106 cm³/mol. The number of carbonyl (C=O) groups is 2. The first-order valence-electron chi connectivity index (χ1n) is 8.25. The molecule has 0 aliphatic carbocycles. The van der Waals surface area contributed by atoms with Crippen molar-refractivity contribution in [2.24, 2.45) is 0 Å². The molecular weight excluding hydrogens is 436 g/mol. The average Bonchev–Trinajstić information content (AvgIpc) is 3.12. The van der Waals surface area contributed by atoms with Crippen LogP contribution in [0.25, 0.3) is 0 Å². The third-order valence-corrected chi connectivity index (χ3v) is 5.87. The number of amides is 2. The summed E-state index contributed by atoms with van der Waals surface area (Å²) in [4.78, 5) is 39.2. The van der Waals surface area contributed by atoms with Crippen molar-refractivity contribution in [3.05, 3.63) is 55.2 Å². The lowest BCUT2D eigenvalue weighted by molar-refractivity contribution is -0.384. The second-order valence-corrected chi connectivity index (χ2v) is 8.36. The van der Waals surface area contributed by atoms with Crippen molar-refractivity contribution >= 4 is 50.5 Å². The molecular formula is C17H17BrN4O4S. The Morgan fingerprint density at radius 2 is 1.85 bits per heavy atom. The van der Waals surface area contributed by atoms with E-state index >= 15 is 0 Å². The number of carbonyl (C=O) groups excluding carboxylic acids is 2. The topological polar surface area (TPSA) is 95.8 Å². The zero-order chi connectivity index (χ0) is 19.4. The minimum Gasteiger partial charge on any atom is -0.362 e. The van der Waals surface area contributed by atoms with Gasteiger partial charge < -0.3 is 15.1 Å². The summed E-state index contributed by atoms with van der Waals surface area (Å²) in [5.41, 5.74) is 0.623. The molecule has 1 aliphatic rings. The fourth-order valence-electron chi connectivity index (χ4n) is 2.87. The van der Waals surface area contributed by atoms with Crippen LogP contribution in [-0.2, 0) is 4.79 Å². The average molecular weight is 453 g/mol. The van der Waals surface area contributed by atoms with Gasteiger partial charge in [0, 0.05) is 32.2 Å². The van der Waals surface area contributed by atoms with Gasteiger partial charge in [-0.2, -0.15) is 0 Å². The molecule has 1 N–H and O–H groups in total. The lowest BCUT2D eigenvalue weighted by Crippen LogP contribution is -2.51. The maximum atomic E-state index is 12.3. The second-order valence-electron chi connectivity index (χ2n) is 5.90. The number of hydrogen-bond donors (Lipinski definition) is 1. The largest absolute Gasteiger partial charge is 0.362 e. The normalized spacial score (nSPS) is 14.1. The van der Waals surface area contributed by atoms with E-state index in [4.69, 9.17) is 0 Å². The molecule has 0 atom stereocenters. The zero-order valence-electron chi connectivity index (χ0n) is 14.3. The number of anilines is 1. The van der Waals surface area contributed by atoms with Crippen molar-refractivity contribution in [1.82, 2.24) is 10.2 Å². The Morgan fingerprint density at radius 1 is 1.15 bits per heavy atom. The number of halogens is 1. The molecule has 0 bridgehead atoms. The van der Waals surface area contributed by atoms with E-state index in [0.717, 1.165) is 3.79 Å². The van der Waals surface area contributed by atoms with E-state index in [9.17, 15) is 19.7 Å². The molecule has 0 saturated carbocycles. The number of piperazine rings is 1. The molecule has 10 heteroatoms. The van der Waals surface area contributed by atoms with Gasteiger partial charge in [-0.15, -0.1) is 11.3 Å². The highest BCUT2D eigenvalue weighted by Gasteiger charge is 2.25. The number of rotatable bonds is 5. The molecule has 3 rings (SSSR count). The summed E-state index contributed by atoms with van der Waals surface area (Å²) in [5.74, 6) is -0.446. The van der Waals surface area contributed by atoms with Crippen LogP contribution >= 0.6 is 27.3 Å². The van der Waals surface area contributed by atoms with Crippen LogP contribution in [0.1, 0.15) is 9.67 Å². The highest BCUT2D eigenvalue weighted by molar-refractivity contribution is 9.11. The Balaban J connectivity index is 1.52. The summed E-state index contributed by atoms with van der Waals surface area (Å²) in [7, 11) is 0. The molecule has 142 valence electrons. The van der Waals surface area contributed by atoms with Crippen LogP contribution < -0.4 is 10.2 Å². The number of nitro benzene ring substituents is 1. The Hall–Kier alpha value is -2.46. The van der Waals surface area contributed by atoms with Crippen LogP contribution in [-0.4, -0.2) is 54.4 Å². The Labute approximate surface area is 168 Å². The first-order valence-corrected chi connectivity index (χ1v) is 9.86. The highest BCUT2D eigenvalue weighted by atomic mass is 79.9. The second kappa shape index (κ2) is 8.49. The molecule has 0 unspecified atom stereocenters. The monoisotopic (exact) mass is 452 g/mol. The number of nitro groups is 1. The van der Waals surface area contributed by atoms with E-state index in [0.29, 0.717) is 36.7 Å². The third kappa shape index (κ3) is 4.64. The van der Waals surface area contributed by atoms with E-state index in [2.05, 4.69) is 21.2 Å². The van der Waals surface area contributed by atoms with E-state index in [1.165, 1.54) is 17.4 Å². The number of hydrogen-bond acceptors (Lipinski definition) is 6. The van der Waals surface area contributed by atoms with Crippen molar-refractivity contribution < 1.29 is 14.5 Å². The van der Waals surface area contributed by atoms with E-state index in [-0.39, 0.29) is 24.0 Å².